The molecule has 0 atom stereocenters. The van der Waals surface area contributed by atoms with Crippen molar-refractivity contribution in [2.24, 2.45) is 0 Å². The maximum Gasteiger partial charge on any atom is 0.417 e. The fraction of sp³-hybridized carbons (Fsp3) is 0.0833. The fourth-order valence-electron chi connectivity index (χ4n) is 2.78. The minimum atomic E-state index is -4.67. The topological polar surface area (TPSA) is 121 Å². The van der Waals surface area contributed by atoms with E-state index in [1.54, 1.807) is 0 Å². The standard InChI is InChI=1S/C24H17ClF3N5O4/c1-2-3-21(34)32-33-22(35)20-13-17(10-11-29-20)37-16-7-4-14(5-8-16)30-23(36)31-15-6-9-19(25)18(12-15)24(26,27)28/h4-13H,1H3,(H,32,34)(H,33,35)(H2,30,31,36). The molecule has 2 aromatic carbocycles. The summed E-state index contributed by atoms with van der Waals surface area (Å²) in [6, 6.07) is 11.1. The molecule has 3 rings (SSSR count). The highest BCUT2D eigenvalue weighted by Crippen LogP contribution is 2.36. The Labute approximate surface area is 213 Å². The van der Waals surface area contributed by atoms with E-state index in [0.717, 1.165) is 12.1 Å². The number of hydrogen-bond donors (Lipinski definition) is 4. The molecule has 190 valence electrons. The molecule has 9 nitrogen and oxygen atoms in total. The van der Waals surface area contributed by atoms with Crippen LogP contribution in [-0.2, 0) is 11.0 Å². The Morgan fingerprint density at radius 3 is 2.27 bits per heavy atom. The third-order valence-corrected chi connectivity index (χ3v) is 4.70. The molecule has 37 heavy (non-hydrogen) atoms. The van der Waals surface area contributed by atoms with E-state index in [0.29, 0.717) is 11.4 Å². The largest absolute Gasteiger partial charge is 0.457 e. The van der Waals surface area contributed by atoms with Crippen LogP contribution in [-0.4, -0.2) is 22.8 Å². The van der Waals surface area contributed by atoms with E-state index in [1.807, 2.05) is 0 Å². The molecule has 4 amide bonds. The summed E-state index contributed by atoms with van der Waals surface area (Å²) < 4.78 is 44.6. The van der Waals surface area contributed by atoms with Gasteiger partial charge in [-0.15, -0.1) is 0 Å². The molecule has 0 aliphatic heterocycles. The number of nitrogens with zero attached hydrogens (tertiary/aromatic N) is 1. The predicted octanol–water partition coefficient (Wildman–Crippen LogP) is 4.97. The van der Waals surface area contributed by atoms with Gasteiger partial charge in [0.2, 0.25) is 0 Å². The quantitative estimate of drug-likeness (QED) is 0.273. The number of benzene rings is 2. The smallest absolute Gasteiger partial charge is 0.417 e. The van der Waals surface area contributed by atoms with Gasteiger partial charge in [0, 0.05) is 23.6 Å². The summed E-state index contributed by atoms with van der Waals surface area (Å²) in [4.78, 5) is 39.5. The van der Waals surface area contributed by atoms with Crippen molar-refractivity contribution in [3.05, 3.63) is 77.1 Å². The molecule has 0 aliphatic carbocycles. The first-order valence-corrected chi connectivity index (χ1v) is 10.6. The van der Waals surface area contributed by atoms with Crippen molar-refractivity contribution < 1.29 is 32.3 Å². The maximum absolute atomic E-state index is 13.0. The van der Waals surface area contributed by atoms with Crippen LogP contribution in [0.5, 0.6) is 11.5 Å². The lowest BCUT2D eigenvalue weighted by molar-refractivity contribution is -0.137. The van der Waals surface area contributed by atoms with Crippen LogP contribution in [0.3, 0.4) is 0 Å². The summed E-state index contributed by atoms with van der Waals surface area (Å²) in [5.41, 5.74) is 3.41. The number of alkyl halides is 3. The normalized spacial score (nSPS) is 10.4. The number of pyridine rings is 1. The number of urea groups is 1. The number of anilines is 2. The van der Waals surface area contributed by atoms with Gasteiger partial charge >= 0.3 is 18.1 Å². The number of carbonyl (C=O) groups excluding carboxylic acids is 3. The number of rotatable bonds is 5. The first kappa shape index (κ1) is 26.8. The average Bonchev–Trinajstić information content (AvgIpc) is 2.84. The van der Waals surface area contributed by atoms with E-state index < -0.39 is 34.6 Å². The van der Waals surface area contributed by atoms with Gasteiger partial charge in [-0.05, 0) is 61.4 Å². The summed E-state index contributed by atoms with van der Waals surface area (Å²) in [7, 11) is 0. The van der Waals surface area contributed by atoms with E-state index in [4.69, 9.17) is 16.3 Å². The zero-order chi connectivity index (χ0) is 27.0. The average molecular weight is 532 g/mol. The molecule has 4 N–H and O–H groups in total. The van der Waals surface area contributed by atoms with Gasteiger partial charge in [-0.3, -0.25) is 25.4 Å². The number of halogens is 4. The van der Waals surface area contributed by atoms with Gasteiger partial charge in [0.05, 0.1) is 10.6 Å². The van der Waals surface area contributed by atoms with E-state index >= 15 is 0 Å². The van der Waals surface area contributed by atoms with Crippen molar-refractivity contribution in [3.8, 4) is 23.3 Å². The monoisotopic (exact) mass is 531 g/mol. The third-order valence-electron chi connectivity index (χ3n) is 4.37. The van der Waals surface area contributed by atoms with Gasteiger partial charge in [0.1, 0.15) is 17.2 Å². The lowest BCUT2D eigenvalue weighted by Gasteiger charge is -2.12. The number of amides is 4. The Morgan fingerprint density at radius 2 is 1.59 bits per heavy atom. The molecule has 13 heteroatoms. The number of hydrazine groups is 1. The summed E-state index contributed by atoms with van der Waals surface area (Å²) >= 11 is 5.58. The lowest BCUT2D eigenvalue weighted by Crippen LogP contribution is -2.41. The van der Waals surface area contributed by atoms with Crippen molar-refractivity contribution in [1.82, 2.24) is 15.8 Å². The highest BCUT2D eigenvalue weighted by molar-refractivity contribution is 6.31. The minimum Gasteiger partial charge on any atom is -0.457 e. The molecule has 1 heterocycles. The maximum atomic E-state index is 13.0. The summed E-state index contributed by atoms with van der Waals surface area (Å²) in [6.07, 6.45) is -3.33. The molecule has 0 fully saturated rings. The summed E-state index contributed by atoms with van der Waals surface area (Å²) in [5.74, 6) is 3.82. The second-order valence-electron chi connectivity index (χ2n) is 7.06. The number of hydrogen-bond acceptors (Lipinski definition) is 5. The molecule has 0 bridgehead atoms. The highest BCUT2D eigenvalue weighted by atomic mass is 35.5. The van der Waals surface area contributed by atoms with E-state index in [-0.39, 0.29) is 17.1 Å². The van der Waals surface area contributed by atoms with Crippen LogP contribution in [0.2, 0.25) is 5.02 Å². The number of aromatic nitrogens is 1. The Bertz CT molecular complexity index is 1390. The number of ether oxygens (including phenoxy) is 1. The Morgan fingerprint density at radius 1 is 0.919 bits per heavy atom. The van der Waals surface area contributed by atoms with Crippen LogP contribution in [0.15, 0.2) is 60.8 Å². The van der Waals surface area contributed by atoms with Gasteiger partial charge in [0.15, 0.2) is 0 Å². The number of nitrogens with one attached hydrogen (secondary N) is 4. The van der Waals surface area contributed by atoms with Crippen LogP contribution in [0.25, 0.3) is 0 Å². The van der Waals surface area contributed by atoms with Gasteiger partial charge in [-0.1, -0.05) is 17.5 Å². The van der Waals surface area contributed by atoms with Crippen LogP contribution < -0.4 is 26.2 Å². The molecule has 0 aliphatic rings. The molecule has 0 saturated heterocycles. The minimum absolute atomic E-state index is 0.0342. The Kier molecular flexibility index (Phi) is 8.55. The van der Waals surface area contributed by atoms with Crippen LogP contribution in [0, 0.1) is 11.8 Å². The van der Waals surface area contributed by atoms with Crippen molar-refractivity contribution in [3.63, 3.8) is 0 Å². The molecular weight excluding hydrogens is 515 g/mol. The SMILES string of the molecule is CC#CC(=O)NNC(=O)c1cc(Oc2ccc(NC(=O)Nc3ccc(Cl)c(C(F)(F)F)c3)cc2)ccn1. The van der Waals surface area contributed by atoms with Crippen molar-refractivity contribution >= 4 is 40.8 Å². The number of carbonyl (C=O) groups is 3. The van der Waals surface area contributed by atoms with Crippen molar-refractivity contribution in [1.29, 1.82) is 0 Å². The molecular formula is C24H17ClF3N5O4. The lowest BCUT2D eigenvalue weighted by atomic mass is 10.2. The molecule has 0 radical (unpaired) electrons. The zero-order valence-corrected chi connectivity index (χ0v) is 19.6. The van der Waals surface area contributed by atoms with Gasteiger partial charge < -0.3 is 15.4 Å². The van der Waals surface area contributed by atoms with E-state index in [9.17, 15) is 27.6 Å². The Hall–Kier alpha value is -4.76. The molecule has 3 aromatic rings. The third kappa shape index (κ3) is 7.87. The first-order valence-electron chi connectivity index (χ1n) is 10.3. The zero-order valence-electron chi connectivity index (χ0n) is 18.9. The Balaban J connectivity index is 1.58. The molecule has 0 unspecified atom stereocenters. The van der Waals surface area contributed by atoms with E-state index in [2.05, 4.69) is 38.3 Å². The second-order valence-corrected chi connectivity index (χ2v) is 7.47. The molecule has 0 saturated carbocycles. The van der Waals surface area contributed by atoms with Gasteiger partial charge in [0.25, 0.3) is 5.91 Å². The highest BCUT2D eigenvalue weighted by Gasteiger charge is 2.33. The summed E-state index contributed by atoms with van der Waals surface area (Å²) in [6.45, 7) is 1.47. The summed E-state index contributed by atoms with van der Waals surface area (Å²) in [5, 5.41) is 4.31. The van der Waals surface area contributed by atoms with Crippen LogP contribution in [0.4, 0.5) is 29.3 Å². The second kappa shape index (κ2) is 11.8. The van der Waals surface area contributed by atoms with Gasteiger partial charge in [-0.2, -0.15) is 13.2 Å². The van der Waals surface area contributed by atoms with Crippen LogP contribution >= 0.6 is 11.6 Å². The van der Waals surface area contributed by atoms with E-state index in [1.165, 1.54) is 55.6 Å². The van der Waals surface area contributed by atoms with Crippen molar-refractivity contribution in [2.75, 3.05) is 10.6 Å². The molecule has 1 aromatic heterocycles. The predicted molar refractivity (Wildman–Crippen MR) is 129 cm³/mol. The fourth-order valence-corrected chi connectivity index (χ4v) is 3.00. The molecule has 0 spiro atoms. The van der Waals surface area contributed by atoms with Gasteiger partial charge in [-0.25, -0.2) is 4.79 Å². The first-order chi connectivity index (χ1) is 17.5. The van der Waals surface area contributed by atoms with Crippen molar-refractivity contribution in [2.45, 2.75) is 13.1 Å². The van der Waals surface area contributed by atoms with Crippen LogP contribution in [0.1, 0.15) is 23.0 Å².